The van der Waals surface area contributed by atoms with Gasteiger partial charge >= 0.3 is 0 Å². The summed E-state index contributed by atoms with van der Waals surface area (Å²) in [4.78, 5) is 4.69. The van der Waals surface area contributed by atoms with E-state index < -0.39 is 0 Å². The Labute approximate surface area is 189 Å². The molecule has 3 heterocycles. The van der Waals surface area contributed by atoms with E-state index in [4.69, 9.17) is 14.5 Å². The van der Waals surface area contributed by atoms with Crippen molar-refractivity contribution < 1.29 is 9.47 Å². The maximum Gasteiger partial charge on any atom is 0.196 e. The van der Waals surface area contributed by atoms with Crippen LogP contribution in [0, 0.1) is 0 Å². The van der Waals surface area contributed by atoms with Crippen molar-refractivity contribution in [2.24, 2.45) is 0 Å². The molecule has 0 bridgehead atoms. The first-order valence-corrected chi connectivity index (χ1v) is 11.0. The number of nitrogens with zero attached hydrogens (tertiary/aromatic N) is 5. The number of rotatable bonds is 7. The first kappa shape index (κ1) is 20.1. The van der Waals surface area contributed by atoms with Crippen molar-refractivity contribution in [2.45, 2.75) is 10.9 Å². The fourth-order valence-corrected chi connectivity index (χ4v) is 4.29. The van der Waals surface area contributed by atoms with Crippen LogP contribution in [0.1, 0.15) is 5.69 Å². The molecule has 0 atom stereocenters. The Hall–Kier alpha value is -3.78. The smallest absolute Gasteiger partial charge is 0.196 e. The summed E-state index contributed by atoms with van der Waals surface area (Å²) in [5, 5.41) is 9.80. The Balaban J connectivity index is 1.51. The van der Waals surface area contributed by atoms with Crippen molar-refractivity contribution in [1.82, 2.24) is 24.1 Å². The third-order valence-electron chi connectivity index (χ3n) is 5.08. The molecule has 0 unspecified atom stereocenters. The molecule has 0 aliphatic heterocycles. The molecule has 2 aromatic carbocycles. The first-order chi connectivity index (χ1) is 15.7. The van der Waals surface area contributed by atoms with Gasteiger partial charge in [0.2, 0.25) is 0 Å². The second-order valence-electron chi connectivity index (χ2n) is 7.06. The molecule has 7 nitrogen and oxygen atoms in total. The molecule has 8 heteroatoms. The van der Waals surface area contributed by atoms with Crippen molar-refractivity contribution in [2.75, 3.05) is 14.2 Å². The average molecular weight is 444 g/mol. The summed E-state index contributed by atoms with van der Waals surface area (Å²) in [5.41, 5.74) is 3.82. The summed E-state index contributed by atoms with van der Waals surface area (Å²) in [6, 6.07) is 21.7. The van der Waals surface area contributed by atoms with E-state index in [2.05, 4.69) is 14.8 Å². The van der Waals surface area contributed by atoms with E-state index in [0.29, 0.717) is 5.75 Å². The molecular weight excluding hydrogens is 422 g/mol. The highest BCUT2D eigenvalue weighted by molar-refractivity contribution is 7.98. The molecular formula is C24H21N5O2S. The number of ether oxygens (including phenoxy) is 2. The van der Waals surface area contributed by atoms with Gasteiger partial charge in [-0.2, -0.15) is 0 Å². The van der Waals surface area contributed by atoms with Crippen LogP contribution in [0.5, 0.6) is 11.5 Å². The molecule has 32 heavy (non-hydrogen) atoms. The minimum Gasteiger partial charge on any atom is -0.497 e. The van der Waals surface area contributed by atoms with E-state index in [0.717, 1.165) is 45.1 Å². The van der Waals surface area contributed by atoms with Crippen LogP contribution in [0.4, 0.5) is 0 Å². The normalized spacial score (nSPS) is 11.1. The van der Waals surface area contributed by atoms with E-state index in [9.17, 15) is 0 Å². The number of methoxy groups -OCH3 is 2. The highest BCUT2D eigenvalue weighted by Gasteiger charge is 2.17. The molecule has 0 spiro atoms. The number of fused-ring (bicyclic) bond motifs is 1. The predicted octanol–water partition coefficient (Wildman–Crippen LogP) is 4.89. The Bertz CT molecular complexity index is 1310. The van der Waals surface area contributed by atoms with Crippen molar-refractivity contribution in [3.05, 3.63) is 84.8 Å². The van der Waals surface area contributed by atoms with E-state index in [1.54, 1.807) is 26.0 Å². The lowest BCUT2D eigenvalue weighted by Gasteiger charge is -2.11. The zero-order chi connectivity index (χ0) is 21.9. The number of aromatic nitrogens is 5. The zero-order valence-corrected chi connectivity index (χ0v) is 18.5. The maximum atomic E-state index is 5.32. The second-order valence-corrected chi connectivity index (χ2v) is 8.00. The van der Waals surface area contributed by atoms with E-state index in [1.807, 2.05) is 83.5 Å². The number of hydrogen-bond acceptors (Lipinski definition) is 6. The van der Waals surface area contributed by atoms with E-state index in [-0.39, 0.29) is 0 Å². The second kappa shape index (κ2) is 8.76. The molecule has 0 N–H and O–H groups in total. The van der Waals surface area contributed by atoms with Gasteiger partial charge in [-0.25, -0.2) is 4.98 Å². The van der Waals surface area contributed by atoms with Gasteiger partial charge in [-0.3, -0.25) is 4.57 Å². The van der Waals surface area contributed by atoms with Crippen LogP contribution >= 0.6 is 11.8 Å². The summed E-state index contributed by atoms with van der Waals surface area (Å²) < 4.78 is 14.7. The van der Waals surface area contributed by atoms with Gasteiger partial charge in [0.05, 0.1) is 19.9 Å². The Kier molecular flexibility index (Phi) is 5.51. The standard InChI is InChI=1S/C24H21N5O2S/c1-30-20-10-6-17(7-11-20)23-26-27-24(29(23)19-8-12-21(31-2)13-9-19)32-16-18-15-28-14-4-3-5-22(28)25-18/h3-15H,16H2,1-2H3. The molecule has 0 saturated heterocycles. The topological polar surface area (TPSA) is 66.5 Å². The molecule has 0 amide bonds. The molecule has 0 aliphatic rings. The maximum absolute atomic E-state index is 5.32. The van der Waals surface area contributed by atoms with Crippen molar-refractivity contribution in [3.63, 3.8) is 0 Å². The molecule has 0 radical (unpaired) electrons. The monoisotopic (exact) mass is 443 g/mol. The number of benzene rings is 2. The van der Waals surface area contributed by atoms with Crippen LogP contribution in [0.25, 0.3) is 22.7 Å². The summed E-state index contributed by atoms with van der Waals surface area (Å²) >= 11 is 1.60. The SMILES string of the molecule is COc1ccc(-c2nnc(SCc3cn4ccccc4n3)n2-c2ccc(OC)cc2)cc1. The lowest BCUT2D eigenvalue weighted by molar-refractivity contribution is 0.414. The van der Waals surface area contributed by atoms with Crippen LogP contribution in [-0.4, -0.2) is 38.4 Å². The van der Waals surface area contributed by atoms with Crippen LogP contribution < -0.4 is 9.47 Å². The van der Waals surface area contributed by atoms with Gasteiger partial charge in [0, 0.05) is 29.4 Å². The van der Waals surface area contributed by atoms with Crippen molar-refractivity contribution in [3.8, 4) is 28.6 Å². The van der Waals surface area contributed by atoms with Crippen LogP contribution in [-0.2, 0) is 5.75 Å². The van der Waals surface area contributed by atoms with Crippen LogP contribution in [0.15, 0.2) is 84.3 Å². The molecule has 160 valence electrons. The summed E-state index contributed by atoms with van der Waals surface area (Å²) in [6.07, 6.45) is 4.04. The van der Waals surface area contributed by atoms with Gasteiger partial charge in [-0.1, -0.05) is 17.8 Å². The summed E-state index contributed by atoms with van der Waals surface area (Å²) in [7, 11) is 3.32. The minimum atomic E-state index is 0.679. The molecule has 5 aromatic rings. The number of hydrogen-bond donors (Lipinski definition) is 0. The lowest BCUT2D eigenvalue weighted by Crippen LogP contribution is -2.00. The number of pyridine rings is 1. The largest absolute Gasteiger partial charge is 0.497 e. The highest BCUT2D eigenvalue weighted by atomic mass is 32.2. The zero-order valence-electron chi connectivity index (χ0n) is 17.7. The number of thioether (sulfide) groups is 1. The van der Waals surface area contributed by atoms with Gasteiger partial charge < -0.3 is 13.9 Å². The summed E-state index contributed by atoms with van der Waals surface area (Å²) in [5.74, 6) is 3.03. The molecule has 0 saturated carbocycles. The molecule has 5 rings (SSSR count). The molecule has 0 fully saturated rings. The fraction of sp³-hybridized carbons (Fsp3) is 0.125. The minimum absolute atomic E-state index is 0.679. The lowest BCUT2D eigenvalue weighted by atomic mass is 10.2. The Morgan fingerprint density at radius 1 is 0.844 bits per heavy atom. The average Bonchev–Trinajstić information content (AvgIpc) is 3.46. The third kappa shape index (κ3) is 3.92. The fourth-order valence-electron chi connectivity index (χ4n) is 3.45. The Morgan fingerprint density at radius 3 is 2.25 bits per heavy atom. The summed E-state index contributed by atoms with van der Waals surface area (Å²) in [6.45, 7) is 0. The molecule has 3 aromatic heterocycles. The van der Waals surface area contributed by atoms with Gasteiger partial charge in [0.25, 0.3) is 0 Å². The highest BCUT2D eigenvalue weighted by Crippen LogP contribution is 2.31. The molecule has 0 aliphatic carbocycles. The van der Waals surface area contributed by atoms with Crippen molar-refractivity contribution in [1.29, 1.82) is 0 Å². The van der Waals surface area contributed by atoms with Gasteiger partial charge in [-0.05, 0) is 60.7 Å². The van der Waals surface area contributed by atoms with Crippen LogP contribution in [0.2, 0.25) is 0 Å². The van der Waals surface area contributed by atoms with Gasteiger partial charge in [0.1, 0.15) is 17.1 Å². The quantitative estimate of drug-likeness (QED) is 0.334. The van der Waals surface area contributed by atoms with Crippen LogP contribution in [0.3, 0.4) is 0 Å². The van der Waals surface area contributed by atoms with Gasteiger partial charge in [-0.15, -0.1) is 10.2 Å². The van der Waals surface area contributed by atoms with Gasteiger partial charge in [0.15, 0.2) is 11.0 Å². The van der Waals surface area contributed by atoms with E-state index >= 15 is 0 Å². The van der Waals surface area contributed by atoms with E-state index in [1.165, 1.54) is 0 Å². The first-order valence-electron chi connectivity index (χ1n) is 10.0. The number of imidazole rings is 1. The van der Waals surface area contributed by atoms with Crippen molar-refractivity contribution >= 4 is 17.4 Å². The predicted molar refractivity (Wildman–Crippen MR) is 125 cm³/mol. The Morgan fingerprint density at radius 2 is 1.56 bits per heavy atom. The third-order valence-corrected chi connectivity index (χ3v) is 6.04.